The minimum Gasteiger partial charge on any atom is -0.421 e. The van der Waals surface area contributed by atoms with Crippen LogP contribution in [0.5, 0.6) is 5.75 Å². The summed E-state index contributed by atoms with van der Waals surface area (Å²) in [5.41, 5.74) is 5.02. The van der Waals surface area contributed by atoms with Crippen LogP contribution in [-0.2, 0) is 20.1 Å². The number of pyridine rings is 3. The smallest absolute Gasteiger partial charge is 0.421 e. The van der Waals surface area contributed by atoms with E-state index in [4.69, 9.17) is 13.6 Å². The predicted octanol–water partition coefficient (Wildman–Crippen LogP) is 14.9. The van der Waals surface area contributed by atoms with Crippen molar-refractivity contribution >= 4 is 92.8 Å². The SMILES string of the molecule is O=C1Oc2ccc(nc2)-c2[c-]cc(cc2)-c2ccccc2-c2ccc3cc2c2ccccc2c2c[c-]c(cc2)c2ccc(cn2)oc(=O)c2cc1cc(c2)c(=O)oc1ccc(nc1)c1[c-]cc(cc1)c1ccccc31.[Ir+3]. The molecule has 17 bridgehead atoms. The summed E-state index contributed by atoms with van der Waals surface area (Å²) in [6.07, 6.45) is 4.30. The Morgan fingerprint density at radius 2 is 0.961 bits per heavy atom. The molecule has 7 aliphatic heterocycles. The van der Waals surface area contributed by atoms with Gasteiger partial charge in [0.05, 0.1) is 34.9 Å². The van der Waals surface area contributed by atoms with Gasteiger partial charge in [-0.1, -0.05) is 136 Å². The van der Waals surface area contributed by atoms with Crippen LogP contribution in [0.4, 0.5) is 0 Å². The molecule has 0 aliphatic carbocycles. The summed E-state index contributed by atoms with van der Waals surface area (Å²) in [6.45, 7) is 0. The van der Waals surface area contributed by atoms with Crippen LogP contribution < -0.4 is 16.0 Å². The number of hydrogen-bond donors (Lipinski definition) is 0. The third kappa shape index (κ3) is 9.09. The molecule has 76 heavy (non-hydrogen) atoms. The largest absolute Gasteiger partial charge is 3.00 e. The van der Waals surface area contributed by atoms with Gasteiger partial charge in [0.25, 0.3) is 0 Å². The molecule has 0 N–H and O–H groups in total. The van der Waals surface area contributed by atoms with Crippen molar-refractivity contribution in [2.75, 3.05) is 0 Å². The Morgan fingerprint density at radius 3 is 1.51 bits per heavy atom. The van der Waals surface area contributed by atoms with E-state index in [0.717, 1.165) is 81.7 Å². The van der Waals surface area contributed by atoms with E-state index in [1.54, 1.807) is 36.4 Å². The normalized spacial score (nSPS) is 11.6. The maximum absolute atomic E-state index is 13.9. The second-order valence-corrected chi connectivity index (χ2v) is 18.0. The number of benzene rings is 8. The molecule has 17 heterocycles. The molecule has 25 rings (SSSR count). The van der Waals surface area contributed by atoms with Gasteiger partial charge in [-0.3, -0.25) is 0 Å². The first-order chi connectivity index (χ1) is 36.8. The monoisotopic (exact) mass is 1160 g/mol. The van der Waals surface area contributed by atoms with E-state index in [-0.39, 0.29) is 53.4 Å². The molecule has 18 aromatic rings. The quantitative estimate of drug-likeness (QED) is 0.108. The zero-order chi connectivity index (χ0) is 50.4. The van der Waals surface area contributed by atoms with Gasteiger partial charge in [0, 0.05) is 0 Å². The predicted molar refractivity (Wildman–Crippen MR) is 296 cm³/mol. The van der Waals surface area contributed by atoms with Crippen LogP contribution in [0.25, 0.3) is 120 Å². The first-order valence-electron chi connectivity index (χ1n) is 24.0. The molecule has 10 heteroatoms. The van der Waals surface area contributed by atoms with Gasteiger partial charge in [0.2, 0.25) is 0 Å². The molecule has 0 radical (unpaired) electrons. The van der Waals surface area contributed by atoms with Gasteiger partial charge in [-0.25, -0.2) is 14.4 Å². The molecule has 0 saturated carbocycles. The molecule has 8 aromatic carbocycles. The average molecular weight is 1160 g/mol. The van der Waals surface area contributed by atoms with Crippen molar-refractivity contribution in [2.45, 2.75) is 0 Å². The standard InChI is InChI=1S/C66H36N3O6.Ir/c70-64-47-33-48-35-49(34-47)66(72)75-52-28-32-63(69-39-52)45-23-17-42(18-24-45)55-9-4-6-12-58(55)60-36-46(56-10-2-1-7-53(56)40-13-19-43(20-14-40)61-30-26-50(73-64)37-67-61)25-29-59(60)57-11-5-3-8-54(57)41-15-21-44(22-16-41)62-31-27-51(38-68-62)74-65(48)71;/h1-19,21,23,25-39H;/q-3;+3. The number of carbonyl (C=O) groups is 1. The minimum absolute atomic E-state index is 0. The van der Waals surface area contributed by atoms with Gasteiger partial charge in [-0.05, 0) is 91.9 Å². The molecule has 0 atom stereocenters. The number of hydrogen-bond acceptors (Lipinski definition) is 9. The number of ether oxygens (including phenoxy) is 1. The maximum atomic E-state index is 13.9. The average Bonchev–Trinajstić information content (AvgIpc) is 3.48. The Balaban J connectivity index is 0.00000582. The molecule has 0 amide bonds. The van der Waals surface area contributed by atoms with Crippen LogP contribution in [-0.4, -0.2) is 20.9 Å². The van der Waals surface area contributed by atoms with E-state index in [1.807, 2.05) is 48.5 Å². The summed E-state index contributed by atoms with van der Waals surface area (Å²) in [5, 5.41) is 9.31. The van der Waals surface area contributed by atoms with E-state index < -0.39 is 17.2 Å². The first-order valence-corrected chi connectivity index (χ1v) is 24.0. The summed E-state index contributed by atoms with van der Waals surface area (Å²) >= 11 is 0. The summed E-state index contributed by atoms with van der Waals surface area (Å²) in [6, 6.07) is 74.2. The summed E-state index contributed by atoms with van der Waals surface area (Å²) < 4.78 is 17.3. The molecule has 0 fully saturated rings. The van der Waals surface area contributed by atoms with E-state index in [9.17, 15) is 14.4 Å². The number of esters is 1. The van der Waals surface area contributed by atoms with E-state index in [2.05, 4.69) is 130 Å². The van der Waals surface area contributed by atoms with Crippen molar-refractivity contribution in [3.05, 3.63) is 263 Å². The number of aromatic nitrogens is 3. The Hall–Kier alpha value is -9.73. The molecular weight excluding hydrogens is 1120 g/mol. The number of nitrogens with zero attached hydrogens (tertiary/aromatic N) is 3. The summed E-state index contributed by atoms with van der Waals surface area (Å²) in [4.78, 5) is 55.6. The molecule has 7 aliphatic rings. The zero-order valence-electron chi connectivity index (χ0n) is 39.9. The summed E-state index contributed by atoms with van der Waals surface area (Å²) in [5.74, 6) is -0.721. The number of rotatable bonds is 0. The third-order valence-corrected chi connectivity index (χ3v) is 13.4. The van der Waals surface area contributed by atoms with Crippen molar-refractivity contribution in [2.24, 2.45) is 0 Å². The second kappa shape index (κ2) is 19.9. The topological polar surface area (TPSA) is 125 Å². The number of carbonyl (C=O) groups excluding carboxylic acids is 1. The van der Waals surface area contributed by atoms with E-state index >= 15 is 0 Å². The fourth-order valence-electron chi connectivity index (χ4n) is 9.63. The molecule has 360 valence electrons. The molecule has 10 aromatic heterocycles. The summed E-state index contributed by atoms with van der Waals surface area (Å²) in [7, 11) is 0. The fourth-order valence-corrected chi connectivity index (χ4v) is 9.63. The van der Waals surface area contributed by atoms with Crippen LogP contribution in [0.15, 0.2) is 237 Å². The maximum Gasteiger partial charge on any atom is 3.00 e. The van der Waals surface area contributed by atoms with Crippen LogP contribution in [0.1, 0.15) is 10.4 Å². The van der Waals surface area contributed by atoms with Gasteiger partial charge >= 0.3 is 37.3 Å². The van der Waals surface area contributed by atoms with Gasteiger partial charge in [0.1, 0.15) is 16.9 Å². The Bertz CT molecular complexity index is 4680. The van der Waals surface area contributed by atoms with Crippen LogP contribution >= 0.6 is 0 Å². The Labute approximate surface area is 446 Å². The van der Waals surface area contributed by atoms with E-state index in [0.29, 0.717) is 16.7 Å². The van der Waals surface area contributed by atoms with Crippen LogP contribution in [0.2, 0.25) is 0 Å². The van der Waals surface area contributed by atoms with Crippen LogP contribution in [0, 0.1) is 18.2 Å². The van der Waals surface area contributed by atoms with Gasteiger partial charge in [0.15, 0.2) is 0 Å². The molecular formula is C66H36IrN3O6. The fraction of sp³-hybridized carbons (Fsp3) is 0. The van der Waals surface area contributed by atoms with Gasteiger partial charge in [-0.2, -0.15) is 0 Å². The molecule has 0 unspecified atom stereocenters. The van der Waals surface area contributed by atoms with Crippen LogP contribution in [0.3, 0.4) is 0 Å². The molecule has 9 nitrogen and oxygen atoms in total. The molecule has 0 saturated heterocycles. The molecule has 0 spiro atoms. The van der Waals surface area contributed by atoms with E-state index in [1.165, 1.54) is 36.8 Å². The van der Waals surface area contributed by atoms with Gasteiger partial charge in [-0.15, -0.1) is 89.1 Å². The Kier molecular flexibility index (Phi) is 12.4. The van der Waals surface area contributed by atoms with Crippen molar-refractivity contribution < 1.29 is 38.5 Å². The Morgan fingerprint density at radius 1 is 0.382 bits per heavy atom. The van der Waals surface area contributed by atoms with Crippen molar-refractivity contribution in [3.8, 4) is 39.3 Å². The zero-order valence-corrected chi connectivity index (χ0v) is 42.3. The minimum atomic E-state index is -0.854. The van der Waals surface area contributed by atoms with Crippen molar-refractivity contribution in [1.29, 1.82) is 0 Å². The first kappa shape index (κ1) is 47.3. The van der Waals surface area contributed by atoms with Gasteiger partial charge < -0.3 is 28.5 Å². The van der Waals surface area contributed by atoms with Crippen molar-refractivity contribution in [3.63, 3.8) is 0 Å². The second-order valence-electron chi connectivity index (χ2n) is 18.0. The third-order valence-electron chi connectivity index (χ3n) is 13.4. The van der Waals surface area contributed by atoms with Crippen molar-refractivity contribution in [1.82, 2.24) is 15.0 Å².